The molecule has 0 unspecified atom stereocenters. The first-order valence-electron chi connectivity index (χ1n) is 7.96. The van der Waals surface area contributed by atoms with Crippen molar-refractivity contribution in [2.45, 2.75) is 51.4 Å². The highest BCUT2D eigenvalue weighted by Gasteiger charge is 2.55. The van der Waals surface area contributed by atoms with Crippen molar-refractivity contribution in [1.29, 1.82) is 0 Å². The zero-order chi connectivity index (χ0) is 13.0. The van der Waals surface area contributed by atoms with Gasteiger partial charge >= 0.3 is 0 Å². The summed E-state index contributed by atoms with van der Waals surface area (Å²) < 4.78 is 0. The van der Waals surface area contributed by atoms with E-state index < -0.39 is 0 Å². The molecule has 0 radical (unpaired) electrons. The molecule has 5 rings (SSSR count). The van der Waals surface area contributed by atoms with Crippen molar-refractivity contribution in [3.8, 4) is 0 Å². The molecule has 1 saturated heterocycles. The van der Waals surface area contributed by atoms with E-state index >= 15 is 0 Å². The van der Waals surface area contributed by atoms with Crippen LogP contribution < -0.4 is 0 Å². The molecule has 4 aliphatic carbocycles. The van der Waals surface area contributed by atoms with Gasteiger partial charge in [0.25, 0.3) is 0 Å². The SMILES string of the molecule is O=C1CCN(C(=O)C23CC4CC(CC(C4)C2)C3)CC1. The number of amides is 1. The Bertz CT molecular complexity index is 383. The number of nitrogens with zero attached hydrogens (tertiary/aromatic N) is 1. The van der Waals surface area contributed by atoms with Crippen molar-refractivity contribution in [2.75, 3.05) is 13.1 Å². The van der Waals surface area contributed by atoms with Crippen LogP contribution in [0.2, 0.25) is 0 Å². The number of hydrogen-bond acceptors (Lipinski definition) is 2. The molecule has 104 valence electrons. The van der Waals surface area contributed by atoms with Gasteiger partial charge in [0.1, 0.15) is 5.78 Å². The van der Waals surface area contributed by atoms with E-state index in [2.05, 4.69) is 0 Å². The minimum atomic E-state index is -0.0187. The van der Waals surface area contributed by atoms with E-state index in [9.17, 15) is 9.59 Å². The van der Waals surface area contributed by atoms with Gasteiger partial charge in [-0.1, -0.05) is 0 Å². The van der Waals surface area contributed by atoms with Gasteiger partial charge in [0.05, 0.1) is 5.41 Å². The molecule has 1 heterocycles. The van der Waals surface area contributed by atoms with E-state index in [1.165, 1.54) is 19.3 Å². The summed E-state index contributed by atoms with van der Waals surface area (Å²) in [6.45, 7) is 1.36. The summed E-state index contributed by atoms with van der Waals surface area (Å²) in [7, 11) is 0. The van der Waals surface area contributed by atoms with Crippen LogP contribution in [0.25, 0.3) is 0 Å². The summed E-state index contributed by atoms with van der Waals surface area (Å²) in [5.74, 6) is 3.19. The maximum Gasteiger partial charge on any atom is 0.228 e. The molecule has 0 spiro atoms. The van der Waals surface area contributed by atoms with Crippen molar-refractivity contribution in [3.05, 3.63) is 0 Å². The standard InChI is InChI=1S/C16H23NO2/c18-14-1-3-17(4-2-14)15(19)16-8-11-5-12(9-16)7-13(6-11)10-16/h11-13H,1-10H2. The maximum absolute atomic E-state index is 13.0. The van der Waals surface area contributed by atoms with Crippen molar-refractivity contribution in [1.82, 2.24) is 4.90 Å². The molecule has 1 amide bonds. The second-order valence-corrected chi connectivity index (χ2v) is 7.53. The Morgan fingerprint density at radius 3 is 1.89 bits per heavy atom. The maximum atomic E-state index is 13.0. The lowest BCUT2D eigenvalue weighted by molar-refractivity contribution is -0.159. The third-order valence-corrected chi connectivity index (χ3v) is 6.10. The van der Waals surface area contributed by atoms with Gasteiger partial charge in [-0.2, -0.15) is 0 Å². The largest absolute Gasteiger partial charge is 0.341 e. The number of ketones is 1. The Kier molecular flexibility index (Phi) is 2.55. The highest BCUT2D eigenvalue weighted by atomic mass is 16.2. The fraction of sp³-hybridized carbons (Fsp3) is 0.875. The predicted molar refractivity (Wildman–Crippen MR) is 71.4 cm³/mol. The van der Waals surface area contributed by atoms with Crippen LogP contribution in [-0.2, 0) is 9.59 Å². The average molecular weight is 261 g/mol. The van der Waals surface area contributed by atoms with Crippen LogP contribution in [0.5, 0.6) is 0 Å². The van der Waals surface area contributed by atoms with E-state index in [-0.39, 0.29) is 5.41 Å². The number of rotatable bonds is 1. The molecule has 19 heavy (non-hydrogen) atoms. The first kappa shape index (κ1) is 11.9. The monoisotopic (exact) mass is 261 g/mol. The van der Waals surface area contributed by atoms with Gasteiger partial charge in [0.2, 0.25) is 5.91 Å². The van der Waals surface area contributed by atoms with Gasteiger partial charge < -0.3 is 4.90 Å². The Hall–Kier alpha value is -0.860. The van der Waals surface area contributed by atoms with Crippen molar-refractivity contribution in [2.24, 2.45) is 23.2 Å². The van der Waals surface area contributed by atoms with Crippen LogP contribution >= 0.6 is 0 Å². The predicted octanol–water partition coefficient (Wildman–Crippen LogP) is 2.39. The highest BCUT2D eigenvalue weighted by molar-refractivity contribution is 5.86. The average Bonchev–Trinajstić information content (AvgIpc) is 2.37. The van der Waals surface area contributed by atoms with Crippen LogP contribution in [-0.4, -0.2) is 29.7 Å². The quantitative estimate of drug-likeness (QED) is 0.727. The lowest BCUT2D eigenvalue weighted by Crippen LogP contribution is -2.55. The zero-order valence-corrected chi connectivity index (χ0v) is 11.6. The Morgan fingerprint density at radius 1 is 0.947 bits per heavy atom. The van der Waals surface area contributed by atoms with E-state index in [1.807, 2.05) is 4.90 Å². The van der Waals surface area contributed by atoms with E-state index in [0.29, 0.717) is 37.6 Å². The van der Waals surface area contributed by atoms with Crippen molar-refractivity contribution < 1.29 is 9.59 Å². The lowest BCUT2D eigenvalue weighted by atomic mass is 9.49. The molecule has 4 bridgehead atoms. The van der Waals surface area contributed by atoms with Crippen LogP contribution in [0, 0.1) is 23.2 Å². The van der Waals surface area contributed by atoms with Gasteiger partial charge in [0.15, 0.2) is 0 Å². The topological polar surface area (TPSA) is 37.4 Å². The summed E-state index contributed by atoms with van der Waals surface area (Å²) in [5, 5.41) is 0. The van der Waals surface area contributed by atoms with Crippen LogP contribution in [0.4, 0.5) is 0 Å². The zero-order valence-electron chi connectivity index (χ0n) is 11.6. The number of carbonyl (C=O) groups excluding carboxylic acids is 2. The molecule has 3 heteroatoms. The van der Waals surface area contributed by atoms with Gasteiger partial charge in [-0.3, -0.25) is 9.59 Å². The normalized spacial score (nSPS) is 44.7. The van der Waals surface area contributed by atoms with Crippen LogP contribution in [0.3, 0.4) is 0 Å². The first-order valence-corrected chi connectivity index (χ1v) is 7.96. The van der Waals surface area contributed by atoms with Gasteiger partial charge in [-0.25, -0.2) is 0 Å². The number of likely N-dealkylation sites (tertiary alicyclic amines) is 1. The minimum absolute atomic E-state index is 0.0187. The molecule has 0 aromatic heterocycles. The third-order valence-electron chi connectivity index (χ3n) is 6.10. The summed E-state index contributed by atoms with van der Waals surface area (Å²) in [4.78, 5) is 26.3. The summed E-state index contributed by atoms with van der Waals surface area (Å²) >= 11 is 0. The summed E-state index contributed by atoms with van der Waals surface area (Å²) in [5.41, 5.74) is -0.0187. The van der Waals surface area contributed by atoms with Gasteiger partial charge in [0, 0.05) is 25.9 Å². The number of carbonyl (C=O) groups is 2. The van der Waals surface area contributed by atoms with Crippen LogP contribution in [0.1, 0.15) is 51.4 Å². The van der Waals surface area contributed by atoms with E-state index in [1.54, 1.807) is 0 Å². The molecule has 5 aliphatic rings. The summed E-state index contributed by atoms with van der Waals surface area (Å²) in [6, 6.07) is 0. The fourth-order valence-electron chi connectivity index (χ4n) is 5.67. The van der Waals surface area contributed by atoms with Gasteiger partial charge in [-0.05, 0) is 56.3 Å². The molecular weight excluding hydrogens is 238 g/mol. The van der Waals surface area contributed by atoms with Gasteiger partial charge in [-0.15, -0.1) is 0 Å². The highest BCUT2D eigenvalue weighted by Crippen LogP contribution is 2.60. The second-order valence-electron chi connectivity index (χ2n) is 7.53. The summed E-state index contributed by atoms with van der Waals surface area (Å²) in [6.07, 6.45) is 8.73. The first-order chi connectivity index (χ1) is 9.14. The lowest BCUT2D eigenvalue weighted by Gasteiger charge is -2.56. The Balaban J connectivity index is 1.54. The molecule has 0 aromatic rings. The molecule has 3 nitrogen and oxygen atoms in total. The molecule has 0 atom stereocenters. The van der Waals surface area contributed by atoms with Crippen LogP contribution in [0.15, 0.2) is 0 Å². The Labute approximate surface area is 114 Å². The molecule has 0 aromatic carbocycles. The van der Waals surface area contributed by atoms with E-state index in [4.69, 9.17) is 0 Å². The fourth-order valence-corrected chi connectivity index (χ4v) is 5.67. The number of hydrogen-bond donors (Lipinski definition) is 0. The molecule has 5 fully saturated rings. The second kappa shape index (κ2) is 4.07. The Morgan fingerprint density at radius 2 is 1.42 bits per heavy atom. The minimum Gasteiger partial charge on any atom is -0.341 e. The smallest absolute Gasteiger partial charge is 0.228 e. The molecule has 1 aliphatic heterocycles. The molecule has 0 N–H and O–H groups in total. The molecular formula is C16H23NO2. The van der Waals surface area contributed by atoms with Crippen molar-refractivity contribution in [3.63, 3.8) is 0 Å². The molecule has 4 saturated carbocycles. The third kappa shape index (κ3) is 1.85. The number of Topliss-reactive ketones (excluding diaryl/α,β-unsaturated/α-hetero) is 1. The number of piperidine rings is 1. The van der Waals surface area contributed by atoms with E-state index in [0.717, 1.165) is 37.0 Å². The van der Waals surface area contributed by atoms with Crippen molar-refractivity contribution >= 4 is 11.7 Å².